The second kappa shape index (κ2) is 5.87. The van der Waals surface area contributed by atoms with Crippen LogP contribution in [0.1, 0.15) is 53.3 Å². The van der Waals surface area contributed by atoms with Crippen molar-refractivity contribution in [3.8, 4) is 0 Å². The average Bonchev–Trinajstić information content (AvgIpc) is 3.17. The van der Waals surface area contributed by atoms with E-state index >= 15 is 0 Å². The molecule has 0 spiro atoms. The second-order valence-corrected chi connectivity index (χ2v) is 6.43. The number of hydrogen-bond acceptors (Lipinski definition) is 4. The molecule has 1 aliphatic rings. The highest BCUT2D eigenvalue weighted by Gasteiger charge is 2.36. The highest BCUT2D eigenvalue weighted by molar-refractivity contribution is 9.10. The van der Waals surface area contributed by atoms with Gasteiger partial charge in [0.2, 0.25) is 0 Å². The Morgan fingerprint density at radius 1 is 1.55 bits per heavy atom. The minimum absolute atomic E-state index is 0.00275. The van der Waals surface area contributed by atoms with Crippen molar-refractivity contribution in [1.29, 1.82) is 0 Å². The Morgan fingerprint density at radius 3 is 2.95 bits per heavy atom. The predicted octanol–water partition coefficient (Wildman–Crippen LogP) is 3.02. The zero-order valence-corrected chi connectivity index (χ0v) is 14.6. The quantitative estimate of drug-likeness (QED) is 0.837. The summed E-state index contributed by atoms with van der Waals surface area (Å²) < 4.78 is 7.75. The molecule has 22 heavy (non-hydrogen) atoms. The molecule has 7 heteroatoms. The fourth-order valence-corrected chi connectivity index (χ4v) is 3.72. The van der Waals surface area contributed by atoms with Gasteiger partial charge in [0.1, 0.15) is 11.5 Å². The lowest BCUT2D eigenvalue weighted by atomic mass is 10.0. The Bertz CT molecular complexity index is 687. The molecule has 1 saturated heterocycles. The Labute approximate surface area is 137 Å². The molecule has 2 aromatic heterocycles. The molecule has 1 atom stereocenters. The summed E-state index contributed by atoms with van der Waals surface area (Å²) in [5, 5.41) is 8.22. The largest absolute Gasteiger partial charge is 0.361 e. The molecule has 118 valence electrons. The highest BCUT2D eigenvalue weighted by Crippen LogP contribution is 2.37. The van der Waals surface area contributed by atoms with Gasteiger partial charge in [-0.25, -0.2) is 0 Å². The van der Waals surface area contributed by atoms with E-state index in [1.54, 1.807) is 17.9 Å². The van der Waals surface area contributed by atoms with Gasteiger partial charge in [-0.15, -0.1) is 0 Å². The Morgan fingerprint density at radius 2 is 2.32 bits per heavy atom. The van der Waals surface area contributed by atoms with Crippen LogP contribution in [-0.2, 0) is 13.5 Å². The third-order valence-corrected chi connectivity index (χ3v) is 4.83. The molecule has 0 radical (unpaired) electrons. The molecular weight excluding hydrogens is 348 g/mol. The molecule has 0 aliphatic carbocycles. The van der Waals surface area contributed by atoms with E-state index < -0.39 is 0 Å². The number of carbonyl (C=O) groups excluding carboxylic acids is 1. The monoisotopic (exact) mass is 366 g/mol. The number of aryl methyl sites for hydroxylation is 3. The van der Waals surface area contributed by atoms with Crippen molar-refractivity contribution in [3.05, 3.63) is 33.4 Å². The fourth-order valence-electron chi connectivity index (χ4n) is 3.20. The summed E-state index contributed by atoms with van der Waals surface area (Å²) in [7, 11) is 1.78. The molecule has 1 fully saturated rings. The summed E-state index contributed by atoms with van der Waals surface area (Å²) in [5.41, 5.74) is 2.54. The van der Waals surface area contributed by atoms with Crippen LogP contribution < -0.4 is 0 Å². The van der Waals surface area contributed by atoms with Crippen molar-refractivity contribution in [2.75, 3.05) is 6.54 Å². The van der Waals surface area contributed by atoms with Crippen LogP contribution >= 0.6 is 15.9 Å². The van der Waals surface area contributed by atoms with Gasteiger partial charge in [-0.1, -0.05) is 12.1 Å². The van der Waals surface area contributed by atoms with Crippen molar-refractivity contribution in [1.82, 2.24) is 19.8 Å². The van der Waals surface area contributed by atoms with Crippen LogP contribution in [0.2, 0.25) is 0 Å². The van der Waals surface area contributed by atoms with Crippen LogP contribution in [0, 0.1) is 6.92 Å². The second-order valence-electron chi connectivity index (χ2n) is 5.58. The number of amides is 1. The number of hydrogen-bond donors (Lipinski definition) is 0. The zero-order chi connectivity index (χ0) is 15.9. The van der Waals surface area contributed by atoms with E-state index in [9.17, 15) is 4.79 Å². The summed E-state index contributed by atoms with van der Waals surface area (Å²) in [5.74, 6) is 0.878. The molecular formula is C15H19BrN4O2. The van der Waals surface area contributed by atoms with Crippen LogP contribution in [0.25, 0.3) is 0 Å². The summed E-state index contributed by atoms with van der Waals surface area (Å²) >= 11 is 3.41. The Hall–Kier alpha value is -1.63. The minimum Gasteiger partial charge on any atom is -0.361 e. The van der Waals surface area contributed by atoms with Crippen LogP contribution in [-0.4, -0.2) is 32.3 Å². The van der Waals surface area contributed by atoms with Crippen molar-refractivity contribution >= 4 is 21.8 Å². The van der Waals surface area contributed by atoms with Crippen LogP contribution in [0.4, 0.5) is 0 Å². The van der Waals surface area contributed by atoms with Crippen LogP contribution in [0.5, 0.6) is 0 Å². The number of halogens is 1. The normalized spacial score (nSPS) is 18.2. The van der Waals surface area contributed by atoms with Gasteiger partial charge in [0.25, 0.3) is 5.91 Å². The molecule has 1 amide bonds. The van der Waals surface area contributed by atoms with Gasteiger partial charge in [-0.3, -0.25) is 9.48 Å². The standard InChI is InChI=1S/C15H19BrN4O2/c1-4-12-13(9(2)18-22-12)11-6-5-7-20(11)15(21)14-10(16)8-17-19(14)3/h8,11H,4-7H2,1-3H3/t11-/m1/s1. The highest BCUT2D eigenvalue weighted by atomic mass is 79.9. The topological polar surface area (TPSA) is 64.2 Å². The SMILES string of the molecule is CCc1onc(C)c1[C@H]1CCCN1C(=O)c1c(Br)cnn1C. The smallest absolute Gasteiger partial charge is 0.273 e. The van der Waals surface area contributed by atoms with E-state index in [0.29, 0.717) is 5.69 Å². The number of nitrogens with zero attached hydrogens (tertiary/aromatic N) is 4. The predicted molar refractivity (Wildman–Crippen MR) is 84.5 cm³/mol. The van der Waals surface area contributed by atoms with E-state index in [1.807, 2.05) is 18.7 Å². The lowest BCUT2D eigenvalue weighted by Gasteiger charge is -2.25. The summed E-state index contributed by atoms with van der Waals surface area (Å²) in [6, 6.07) is 0.0375. The molecule has 6 nitrogen and oxygen atoms in total. The van der Waals surface area contributed by atoms with E-state index in [4.69, 9.17) is 4.52 Å². The maximum atomic E-state index is 13.0. The van der Waals surface area contributed by atoms with Crippen molar-refractivity contribution in [2.45, 2.75) is 39.2 Å². The van der Waals surface area contributed by atoms with E-state index in [0.717, 1.165) is 47.3 Å². The number of likely N-dealkylation sites (tertiary alicyclic amines) is 1. The summed E-state index contributed by atoms with van der Waals surface area (Å²) in [6.45, 7) is 4.73. The molecule has 0 aromatic carbocycles. The van der Waals surface area contributed by atoms with Crippen molar-refractivity contribution in [3.63, 3.8) is 0 Å². The zero-order valence-electron chi connectivity index (χ0n) is 13.0. The van der Waals surface area contributed by atoms with Gasteiger partial charge < -0.3 is 9.42 Å². The summed E-state index contributed by atoms with van der Waals surface area (Å²) in [4.78, 5) is 14.9. The first-order valence-electron chi connectivity index (χ1n) is 7.48. The maximum Gasteiger partial charge on any atom is 0.273 e. The molecule has 0 saturated carbocycles. The number of rotatable bonds is 3. The van der Waals surface area contributed by atoms with E-state index in [-0.39, 0.29) is 11.9 Å². The first-order valence-corrected chi connectivity index (χ1v) is 8.27. The first kappa shape index (κ1) is 15.3. The number of carbonyl (C=O) groups is 1. The van der Waals surface area contributed by atoms with E-state index in [1.165, 1.54) is 0 Å². The summed E-state index contributed by atoms with van der Waals surface area (Å²) in [6.07, 6.45) is 4.36. The minimum atomic E-state index is -0.00275. The lowest BCUT2D eigenvalue weighted by Crippen LogP contribution is -2.32. The van der Waals surface area contributed by atoms with Gasteiger partial charge in [-0.05, 0) is 35.7 Å². The van der Waals surface area contributed by atoms with Gasteiger partial charge in [0.15, 0.2) is 0 Å². The van der Waals surface area contributed by atoms with Gasteiger partial charge in [0.05, 0.1) is 22.4 Å². The van der Waals surface area contributed by atoms with Crippen molar-refractivity contribution in [2.24, 2.45) is 7.05 Å². The maximum absolute atomic E-state index is 13.0. The molecule has 0 bridgehead atoms. The fraction of sp³-hybridized carbons (Fsp3) is 0.533. The van der Waals surface area contributed by atoms with Gasteiger partial charge in [0, 0.05) is 25.6 Å². The van der Waals surface area contributed by atoms with Gasteiger partial charge >= 0.3 is 0 Å². The van der Waals surface area contributed by atoms with Crippen molar-refractivity contribution < 1.29 is 9.32 Å². The Kier molecular flexibility index (Phi) is 4.08. The molecule has 2 aromatic rings. The molecule has 3 rings (SSSR count). The molecule has 0 unspecified atom stereocenters. The lowest BCUT2D eigenvalue weighted by molar-refractivity contribution is 0.0722. The third-order valence-electron chi connectivity index (χ3n) is 4.25. The van der Waals surface area contributed by atoms with Crippen LogP contribution in [0.15, 0.2) is 15.2 Å². The molecule has 3 heterocycles. The third kappa shape index (κ3) is 2.37. The molecule has 1 aliphatic heterocycles. The van der Waals surface area contributed by atoms with Crippen LogP contribution in [0.3, 0.4) is 0 Å². The molecule has 0 N–H and O–H groups in total. The first-order chi connectivity index (χ1) is 10.5. The number of aromatic nitrogens is 3. The van der Waals surface area contributed by atoms with E-state index in [2.05, 4.69) is 26.2 Å². The van der Waals surface area contributed by atoms with Gasteiger partial charge in [-0.2, -0.15) is 5.10 Å². The Balaban J connectivity index is 1.97. The average molecular weight is 367 g/mol.